The fourth-order valence-corrected chi connectivity index (χ4v) is 10.2. The number of nitrogens with zero attached hydrogens (tertiary/aromatic N) is 2. The first-order valence-electron chi connectivity index (χ1n) is 21.8. The molecule has 7 aromatic carbocycles. The fourth-order valence-electron chi connectivity index (χ4n) is 10.2. The van der Waals surface area contributed by atoms with Crippen molar-refractivity contribution in [3.8, 4) is 33.8 Å². The minimum Gasteiger partial charge on any atom is -0.228 e. The van der Waals surface area contributed by atoms with E-state index in [1.165, 1.54) is 49.4 Å². The molecule has 0 aliphatic heterocycles. The molecule has 1 heterocycles. The normalized spacial score (nSPS) is 19.2. The molecule has 4 unspecified atom stereocenters. The van der Waals surface area contributed by atoms with Gasteiger partial charge in [0.2, 0.25) is 0 Å². The molecule has 0 bridgehead atoms. The second-order valence-electron chi connectivity index (χ2n) is 16.8. The molecule has 0 saturated heterocycles. The third-order valence-corrected chi connectivity index (χ3v) is 13.2. The van der Waals surface area contributed by atoms with Gasteiger partial charge in [-0.1, -0.05) is 212 Å². The van der Waals surface area contributed by atoms with Crippen molar-refractivity contribution < 1.29 is 0 Å². The van der Waals surface area contributed by atoms with E-state index in [0.29, 0.717) is 23.7 Å². The number of allylic oxidation sites excluding steroid dienone is 4. The van der Waals surface area contributed by atoms with E-state index >= 15 is 0 Å². The maximum Gasteiger partial charge on any atom is 0.160 e. The molecule has 3 aliphatic rings. The van der Waals surface area contributed by atoms with E-state index in [9.17, 15) is 0 Å². The Bertz CT molecular complexity index is 3040. The summed E-state index contributed by atoms with van der Waals surface area (Å²) in [5.74, 6) is 2.30. The highest BCUT2D eigenvalue weighted by Crippen LogP contribution is 2.53. The molecular weight excluding hydrogens is 737 g/mol. The quantitative estimate of drug-likeness (QED) is 0.153. The predicted octanol–water partition coefficient (Wildman–Crippen LogP) is 12.9. The van der Waals surface area contributed by atoms with Crippen LogP contribution in [-0.2, 0) is 0 Å². The standard InChI is InChI=1S/C59H46N2/c1-5-16-40(17-6-1)42-28-32-45(33-29-42)55-39-56(61-59(60-55)47-22-11-4-12-23-47)49-25-15-24-48(36-49)43-30-34-46(35-31-43)57-52-27-14-13-26-51(52)54-38-50(41-18-7-2-8-19-41)37-53(58(54)57)44-20-9-3-10-21-44/h1-28,30-36,39,42,50,53,58H,29,37-38H2. The van der Waals surface area contributed by atoms with Crippen molar-refractivity contribution in [2.24, 2.45) is 5.92 Å². The fraction of sp³-hybridized carbons (Fsp3) is 0.119. The summed E-state index contributed by atoms with van der Waals surface area (Å²) in [4.78, 5) is 10.3. The lowest BCUT2D eigenvalue weighted by Gasteiger charge is -2.39. The van der Waals surface area contributed by atoms with E-state index in [1.54, 1.807) is 5.57 Å². The Morgan fingerprint density at radius 1 is 0.443 bits per heavy atom. The van der Waals surface area contributed by atoms with Crippen molar-refractivity contribution in [2.75, 3.05) is 0 Å². The highest BCUT2D eigenvalue weighted by Gasteiger charge is 2.40. The minimum absolute atomic E-state index is 0.332. The number of benzene rings is 7. The number of hydrogen-bond acceptors (Lipinski definition) is 2. The Balaban J connectivity index is 0.942. The van der Waals surface area contributed by atoms with Crippen LogP contribution in [0.15, 0.2) is 218 Å². The van der Waals surface area contributed by atoms with Crippen molar-refractivity contribution in [1.82, 2.24) is 9.97 Å². The summed E-state index contributed by atoms with van der Waals surface area (Å²) in [7, 11) is 0. The van der Waals surface area contributed by atoms with Crippen LogP contribution < -0.4 is 10.4 Å². The molecule has 3 aliphatic carbocycles. The monoisotopic (exact) mass is 782 g/mol. The maximum atomic E-state index is 5.18. The zero-order valence-electron chi connectivity index (χ0n) is 34.1. The van der Waals surface area contributed by atoms with E-state index in [2.05, 4.69) is 212 Å². The van der Waals surface area contributed by atoms with Gasteiger partial charge in [-0.3, -0.25) is 0 Å². The lowest BCUT2D eigenvalue weighted by atomic mass is 9.65. The van der Waals surface area contributed by atoms with Crippen LogP contribution in [0.2, 0.25) is 0 Å². The molecule has 292 valence electrons. The zero-order chi connectivity index (χ0) is 40.5. The van der Waals surface area contributed by atoms with Gasteiger partial charge in [-0.15, -0.1) is 0 Å². The van der Waals surface area contributed by atoms with E-state index < -0.39 is 0 Å². The highest BCUT2D eigenvalue weighted by atomic mass is 14.9. The second-order valence-corrected chi connectivity index (χ2v) is 16.8. The lowest BCUT2D eigenvalue weighted by Crippen LogP contribution is -2.26. The molecule has 2 nitrogen and oxygen atoms in total. The van der Waals surface area contributed by atoms with Gasteiger partial charge in [0.25, 0.3) is 0 Å². The molecule has 0 N–H and O–H groups in total. The van der Waals surface area contributed by atoms with Crippen LogP contribution in [0.1, 0.15) is 65.0 Å². The van der Waals surface area contributed by atoms with Gasteiger partial charge in [-0.05, 0) is 98.2 Å². The summed E-state index contributed by atoms with van der Waals surface area (Å²) >= 11 is 0. The van der Waals surface area contributed by atoms with Crippen LogP contribution in [0.3, 0.4) is 0 Å². The summed E-state index contributed by atoms with van der Waals surface area (Å²) in [5.41, 5.74) is 16.0. The SMILES string of the molecule is C1=CC(c2ccccc2)CC=C1c1cc(-c2cccc(-c3ccc(C4=c5ccccc5=C5CC(c6ccccc6)CC(c6ccccc6)C54)cc3)c2)nc(-c2ccccc2)n1. The molecule has 2 heteroatoms. The van der Waals surface area contributed by atoms with Crippen LogP contribution >= 0.6 is 0 Å². The van der Waals surface area contributed by atoms with Gasteiger partial charge in [0.1, 0.15) is 0 Å². The van der Waals surface area contributed by atoms with Gasteiger partial charge in [-0.2, -0.15) is 0 Å². The Morgan fingerprint density at radius 3 is 1.74 bits per heavy atom. The Kier molecular flexibility index (Phi) is 9.75. The number of aromatic nitrogens is 2. The van der Waals surface area contributed by atoms with Crippen molar-refractivity contribution in [3.05, 3.63) is 257 Å². The number of rotatable bonds is 8. The second kappa shape index (κ2) is 16.1. The van der Waals surface area contributed by atoms with Gasteiger partial charge in [-0.25, -0.2) is 9.97 Å². The third kappa shape index (κ3) is 7.19. The van der Waals surface area contributed by atoms with Gasteiger partial charge in [0.05, 0.1) is 11.4 Å². The van der Waals surface area contributed by atoms with Gasteiger partial charge < -0.3 is 0 Å². The molecule has 4 atom stereocenters. The van der Waals surface area contributed by atoms with Crippen molar-refractivity contribution in [3.63, 3.8) is 0 Å². The molecule has 8 aromatic rings. The first-order chi connectivity index (χ1) is 30.2. The first-order valence-corrected chi connectivity index (χ1v) is 21.8. The third-order valence-electron chi connectivity index (χ3n) is 13.2. The zero-order valence-corrected chi connectivity index (χ0v) is 34.1. The summed E-state index contributed by atoms with van der Waals surface area (Å²) in [6.07, 6.45) is 10.0. The molecule has 0 amide bonds. The summed E-state index contributed by atoms with van der Waals surface area (Å²) in [6.45, 7) is 0. The van der Waals surface area contributed by atoms with Gasteiger partial charge in [0.15, 0.2) is 5.82 Å². The van der Waals surface area contributed by atoms with Crippen LogP contribution in [-0.4, -0.2) is 9.97 Å². The molecule has 1 aromatic heterocycles. The van der Waals surface area contributed by atoms with Crippen molar-refractivity contribution in [1.29, 1.82) is 0 Å². The summed E-state index contributed by atoms with van der Waals surface area (Å²) in [5, 5.41) is 2.81. The highest BCUT2D eigenvalue weighted by molar-refractivity contribution is 5.84. The maximum absolute atomic E-state index is 5.18. The summed E-state index contributed by atoms with van der Waals surface area (Å²) < 4.78 is 0. The van der Waals surface area contributed by atoms with E-state index in [0.717, 1.165) is 53.2 Å². The smallest absolute Gasteiger partial charge is 0.160 e. The van der Waals surface area contributed by atoms with Gasteiger partial charge in [0, 0.05) is 23.0 Å². The van der Waals surface area contributed by atoms with Crippen LogP contribution in [0.25, 0.3) is 50.5 Å². The number of fused-ring (bicyclic) bond motifs is 2. The Labute approximate surface area is 358 Å². The van der Waals surface area contributed by atoms with E-state index in [4.69, 9.17) is 9.97 Å². The first kappa shape index (κ1) is 36.9. The summed E-state index contributed by atoms with van der Waals surface area (Å²) in [6, 6.07) is 73.0. The largest absolute Gasteiger partial charge is 0.228 e. The Hall–Kier alpha value is -7.16. The molecule has 1 fully saturated rings. The van der Waals surface area contributed by atoms with Crippen LogP contribution in [0.4, 0.5) is 0 Å². The Morgan fingerprint density at radius 2 is 1.03 bits per heavy atom. The molecular formula is C59H46N2. The molecule has 11 rings (SSSR count). The average Bonchev–Trinajstić information content (AvgIpc) is 3.69. The molecule has 0 spiro atoms. The molecule has 0 radical (unpaired) electrons. The van der Waals surface area contributed by atoms with Crippen molar-refractivity contribution in [2.45, 2.75) is 37.0 Å². The van der Waals surface area contributed by atoms with Crippen LogP contribution in [0.5, 0.6) is 0 Å². The minimum atomic E-state index is 0.332. The predicted molar refractivity (Wildman–Crippen MR) is 252 cm³/mol. The number of hydrogen-bond donors (Lipinski definition) is 0. The van der Waals surface area contributed by atoms with E-state index in [1.807, 2.05) is 6.07 Å². The van der Waals surface area contributed by atoms with Gasteiger partial charge >= 0.3 is 0 Å². The molecule has 1 saturated carbocycles. The molecule has 61 heavy (non-hydrogen) atoms. The topological polar surface area (TPSA) is 25.8 Å². The lowest BCUT2D eigenvalue weighted by molar-refractivity contribution is 0.449. The van der Waals surface area contributed by atoms with Crippen LogP contribution in [0, 0.1) is 5.92 Å². The van der Waals surface area contributed by atoms with Crippen molar-refractivity contribution >= 4 is 16.7 Å². The average molecular weight is 783 g/mol. The van der Waals surface area contributed by atoms with E-state index in [-0.39, 0.29) is 0 Å².